The van der Waals surface area contributed by atoms with Crippen molar-refractivity contribution in [1.82, 2.24) is 20.2 Å². The van der Waals surface area contributed by atoms with E-state index in [-0.39, 0.29) is 41.8 Å². The van der Waals surface area contributed by atoms with Gasteiger partial charge in [-0.25, -0.2) is 19.2 Å². The van der Waals surface area contributed by atoms with Gasteiger partial charge in [0.05, 0.1) is 42.6 Å². The van der Waals surface area contributed by atoms with Gasteiger partial charge in [-0.05, 0) is 49.7 Å². The third-order valence-electron chi connectivity index (χ3n) is 6.76. The van der Waals surface area contributed by atoms with Crippen molar-refractivity contribution in [3.05, 3.63) is 52.1 Å². The summed E-state index contributed by atoms with van der Waals surface area (Å²) in [6.07, 6.45) is 0.693. The first kappa shape index (κ1) is 28.3. The highest BCUT2D eigenvalue weighted by atomic mass is 35.5. The third-order valence-corrected chi connectivity index (χ3v) is 11.5. The van der Waals surface area contributed by atoms with Gasteiger partial charge in [0.2, 0.25) is 5.95 Å². The molecule has 0 saturated heterocycles. The number of aliphatic hydroxyl groups is 1. The second kappa shape index (κ2) is 11.0. The van der Waals surface area contributed by atoms with E-state index >= 15 is 0 Å². The van der Waals surface area contributed by atoms with E-state index in [1.807, 2.05) is 13.8 Å². The lowest BCUT2D eigenvalue weighted by Crippen LogP contribution is -2.48. The number of amides is 2. The molecule has 3 N–H and O–H groups in total. The van der Waals surface area contributed by atoms with E-state index in [4.69, 9.17) is 16.0 Å². The van der Waals surface area contributed by atoms with Crippen molar-refractivity contribution in [3.63, 3.8) is 0 Å². The van der Waals surface area contributed by atoms with E-state index in [0.29, 0.717) is 22.8 Å². The van der Waals surface area contributed by atoms with E-state index < -0.39 is 26.3 Å². The fourth-order valence-corrected chi connectivity index (χ4v) is 4.77. The van der Waals surface area contributed by atoms with Crippen LogP contribution >= 0.6 is 11.6 Å². The molecule has 36 heavy (non-hydrogen) atoms. The van der Waals surface area contributed by atoms with E-state index in [1.54, 1.807) is 12.3 Å². The van der Waals surface area contributed by atoms with Crippen molar-refractivity contribution < 1.29 is 18.7 Å². The van der Waals surface area contributed by atoms with Crippen molar-refractivity contribution in [2.24, 2.45) is 0 Å². The second-order valence-electron chi connectivity index (χ2n) is 11.0. The second-order valence-corrected chi connectivity index (χ2v) is 16.3. The number of rotatable bonds is 7. The van der Waals surface area contributed by atoms with Gasteiger partial charge in [-0.2, -0.15) is 0 Å². The number of aromatic nitrogens is 2. The number of nitrogens with one attached hydrogen (secondary N) is 2. The molecule has 2 aromatic rings. The van der Waals surface area contributed by atoms with Gasteiger partial charge in [-0.3, -0.25) is 0 Å². The van der Waals surface area contributed by atoms with Gasteiger partial charge in [-0.1, -0.05) is 38.4 Å². The molecule has 198 valence electrons. The van der Waals surface area contributed by atoms with Crippen molar-refractivity contribution in [2.45, 2.75) is 77.5 Å². The Morgan fingerprint density at radius 1 is 1.36 bits per heavy atom. The summed E-state index contributed by atoms with van der Waals surface area (Å²) in [5.41, 5.74) is 1.83. The van der Waals surface area contributed by atoms with Crippen molar-refractivity contribution in [1.29, 1.82) is 0 Å². The van der Waals surface area contributed by atoms with Crippen LogP contribution in [0.2, 0.25) is 23.2 Å². The molecule has 11 heteroatoms. The van der Waals surface area contributed by atoms with Crippen LogP contribution in [0.1, 0.15) is 63.6 Å². The number of hydrogen-bond acceptors (Lipinski definition) is 6. The minimum atomic E-state index is -2.13. The number of carbonyl (C=O) groups is 1. The fraction of sp³-hybridized carbons (Fsp3) is 0.560. The first-order valence-electron chi connectivity index (χ1n) is 12.1. The Hall–Kier alpha value is -2.27. The van der Waals surface area contributed by atoms with Crippen molar-refractivity contribution >= 4 is 31.9 Å². The normalized spacial score (nSPS) is 17.1. The van der Waals surface area contributed by atoms with Gasteiger partial charge in [0.15, 0.2) is 8.32 Å². The molecule has 0 saturated carbocycles. The van der Waals surface area contributed by atoms with Crippen LogP contribution in [0.25, 0.3) is 0 Å². The molecule has 1 aromatic carbocycles. The molecule has 0 aliphatic carbocycles. The zero-order valence-corrected chi connectivity index (χ0v) is 23.8. The monoisotopic (exact) mass is 537 g/mol. The van der Waals surface area contributed by atoms with Crippen LogP contribution in [0.4, 0.5) is 15.1 Å². The summed E-state index contributed by atoms with van der Waals surface area (Å²) in [6.45, 7) is 15.1. The number of β-amino-alcohol motifs (C(OH)–C–C–N with tert-alkyl or cyclic N) is 1. The van der Waals surface area contributed by atoms with Gasteiger partial charge < -0.3 is 25.1 Å². The molecule has 1 aromatic heterocycles. The van der Waals surface area contributed by atoms with E-state index in [2.05, 4.69) is 54.5 Å². The van der Waals surface area contributed by atoms with E-state index in [1.165, 1.54) is 17.0 Å². The Morgan fingerprint density at radius 3 is 2.67 bits per heavy atom. The fourth-order valence-electron chi connectivity index (χ4n) is 3.57. The van der Waals surface area contributed by atoms with Gasteiger partial charge in [-0.15, -0.1) is 0 Å². The number of aliphatic hydroxyl groups excluding tert-OH is 1. The topological polar surface area (TPSA) is 99.6 Å². The number of benzene rings is 1. The third kappa shape index (κ3) is 6.73. The quantitative estimate of drug-likeness (QED) is 0.408. The molecule has 1 aliphatic heterocycles. The van der Waals surface area contributed by atoms with Crippen LogP contribution in [0.5, 0.6) is 0 Å². The number of fused-ring (bicyclic) bond motifs is 1. The van der Waals surface area contributed by atoms with Gasteiger partial charge >= 0.3 is 6.03 Å². The van der Waals surface area contributed by atoms with Crippen LogP contribution in [0.15, 0.2) is 24.4 Å². The zero-order chi connectivity index (χ0) is 26.8. The number of halogens is 2. The highest BCUT2D eigenvalue weighted by molar-refractivity contribution is 6.74. The summed E-state index contributed by atoms with van der Waals surface area (Å²) < 4.78 is 20.2. The molecular weight excluding hydrogens is 501 g/mol. The summed E-state index contributed by atoms with van der Waals surface area (Å²) in [5, 5.41) is 16.8. The number of urea groups is 1. The first-order valence-corrected chi connectivity index (χ1v) is 15.4. The molecular formula is C25H37ClFN5O3Si. The number of carbonyl (C=O) groups excluding carboxylic acids is 1. The Kier molecular flexibility index (Phi) is 8.65. The summed E-state index contributed by atoms with van der Waals surface area (Å²) >= 11 is 6.05. The molecule has 1 unspecified atom stereocenters. The van der Waals surface area contributed by atoms with Crippen LogP contribution in [-0.2, 0) is 11.0 Å². The smallest absolute Gasteiger partial charge is 0.318 e. The highest BCUT2D eigenvalue weighted by Gasteiger charge is 2.38. The number of anilines is 1. The predicted molar refractivity (Wildman–Crippen MR) is 142 cm³/mol. The molecule has 0 radical (unpaired) electrons. The molecule has 2 amide bonds. The molecule has 0 spiro atoms. The van der Waals surface area contributed by atoms with Gasteiger partial charge in [0, 0.05) is 17.8 Å². The molecule has 2 heterocycles. The van der Waals surface area contributed by atoms with Gasteiger partial charge in [0.1, 0.15) is 5.82 Å². The summed E-state index contributed by atoms with van der Waals surface area (Å²) in [5.74, 6) is -0.0862. The Balaban J connectivity index is 1.82. The van der Waals surface area contributed by atoms with E-state index in [0.717, 1.165) is 0 Å². The Labute approximate surface area is 218 Å². The van der Waals surface area contributed by atoms with Crippen LogP contribution in [0.3, 0.4) is 0 Å². The average molecular weight is 538 g/mol. The molecule has 0 bridgehead atoms. The lowest BCUT2D eigenvalue weighted by molar-refractivity contribution is 0.0997. The molecule has 2 atom stereocenters. The molecule has 8 nitrogen and oxygen atoms in total. The number of hydrogen-bond donors (Lipinski definition) is 3. The molecule has 1 aliphatic rings. The zero-order valence-electron chi connectivity index (χ0n) is 22.0. The first-order chi connectivity index (χ1) is 16.7. The summed E-state index contributed by atoms with van der Waals surface area (Å²) in [4.78, 5) is 23.6. The van der Waals surface area contributed by atoms with Gasteiger partial charge in [0.25, 0.3) is 0 Å². The molecule has 3 rings (SSSR count). The minimum absolute atomic E-state index is 0.0237. The van der Waals surface area contributed by atoms with Crippen LogP contribution < -0.4 is 10.6 Å². The van der Waals surface area contributed by atoms with Crippen molar-refractivity contribution in [3.8, 4) is 0 Å². The SMILES string of the molecule is CC(C)Nc1ncc2c(n1)CN(C(=O)N[C@H](CO[Si](C)(C)C(C)(C)C)c1ccc(F)c(Cl)c1)CC2O. The average Bonchev–Trinajstić information content (AvgIpc) is 2.77. The minimum Gasteiger partial charge on any atom is -0.414 e. The highest BCUT2D eigenvalue weighted by Crippen LogP contribution is 2.37. The molecule has 0 fully saturated rings. The lowest BCUT2D eigenvalue weighted by Gasteiger charge is -2.38. The predicted octanol–water partition coefficient (Wildman–Crippen LogP) is 5.41. The maximum Gasteiger partial charge on any atom is 0.318 e. The lowest BCUT2D eigenvalue weighted by atomic mass is 10.0. The van der Waals surface area contributed by atoms with Crippen LogP contribution in [0, 0.1) is 5.82 Å². The largest absolute Gasteiger partial charge is 0.414 e. The summed E-state index contributed by atoms with van der Waals surface area (Å²) in [6, 6.07) is 3.57. The standard InChI is InChI=1S/C25H37ClFN5O3Si/c1-15(2)29-23-28-11-17-20(30-23)12-32(13-22(17)33)24(34)31-21(14-35-36(6,7)25(3,4)5)16-8-9-19(27)18(26)10-16/h8-11,15,21-22,33H,12-14H2,1-7H3,(H,31,34)(H,28,29,30)/t21-,22?/m1/s1. The summed E-state index contributed by atoms with van der Waals surface area (Å²) in [7, 11) is -2.13. The Morgan fingerprint density at radius 2 is 2.06 bits per heavy atom. The maximum atomic E-state index is 13.8. The van der Waals surface area contributed by atoms with Crippen LogP contribution in [-0.4, -0.2) is 53.5 Å². The van der Waals surface area contributed by atoms with E-state index in [9.17, 15) is 14.3 Å². The van der Waals surface area contributed by atoms with Crippen molar-refractivity contribution in [2.75, 3.05) is 18.5 Å². The Bertz CT molecular complexity index is 1100. The maximum absolute atomic E-state index is 13.8. The number of nitrogens with zero attached hydrogens (tertiary/aromatic N) is 3.